The molecule has 0 saturated carbocycles. The van der Waals surface area contributed by atoms with Crippen molar-refractivity contribution in [3.63, 3.8) is 0 Å². The summed E-state index contributed by atoms with van der Waals surface area (Å²) in [6.07, 6.45) is 0. The lowest BCUT2D eigenvalue weighted by molar-refractivity contribution is -0.122. The molecule has 0 heterocycles. The molecule has 0 aliphatic heterocycles. The van der Waals surface area contributed by atoms with Gasteiger partial charge in [0.2, 0.25) is 5.91 Å². The molecule has 2 aromatic rings. The molecule has 6 heteroatoms. The van der Waals surface area contributed by atoms with E-state index in [-0.39, 0.29) is 18.4 Å². The smallest absolute Gasteiger partial charge is 0.257 e. The van der Waals surface area contributed by atoms with Gasteiger partial charge >= 0.3 is 0 Å². The number of carbonyl (C=O) groups excluding carboxylic acids is 2. The van der Waals surface area contributed by atoms with Crippen LogP contribution in [-0.2, 0) is 22.7 Å². The van der Waals surface area contributed by atoms with Gasteiger partial charge in [0.25, 0.3) is 5.91 Å². The van der Waals surface area contributed by atoms with E-state index >= 15 is 0 Å². The van der Waals surface area contributed by atoms with Gasteiger partial charge < -0.3 is 20.7 Å². The minimum Gasteiger partial charge on any atom is -0.484 e. The summed E-state index contributed by atoms with van der Waals surface area (Å²) in [6.45, 7) is 2.96. The van der Waals surface area contributed by atoms with E-state index in [1.165, 1.54) is 6.92 Å². The number of anilines is 1. The Morgan fingerprint density at radius 1 is 0.920 bits per heavy atom. The summed E-state index contributed by atoms with van der Waals surface area (Å²) in [7, 11) is 1.58. The number of nitrogens with one attached hydrogen (secondary N) is 3. The lowest BCUT2D eigenvalue weighted by Gasteiger charge is -2.08. The largest absolute Gasteiger partial charge is 0.484 e. The number of likely N-dealkylation sites (N-methyl/N-ethyl adjacent to an activating group) is 1. The maximum Gasteiger partial charge on any atom is 0.257 e. The van der Waals surface area contributed by atoms with Crippen LogP contribution in [0.1, 0.15) is 18.1 Å². The Bertz CT molecular complexity index is 697. The Morgan fingerprint density at radius 2 is 1.48 bits per heavy atom. The van der Waals surface area contributed by atoms with Crippen molar-refractivity contribution in [3.8, 4) is 5.75 Å². The van der Waals surface area contributed by atoms with E-state index in [9.17, 15) is 9.59 Å². The van der Waals surface area contributed by atoms with E-state index < -0.39 is 0 Å². The molecule has 0 aliphatic rings. The second kappa shape index (κ2) is 9.44. The fourth-order valence-electron chi connectivity index (χ4n) is 2.18. The number of rotatable bonds is 8. The average molecular weight is 341 g/mol. The molecule has 0 bridgehead atoms. The van der Waals surface area contributed by atoms with Crippen molar-refractivity contribution in [1.29, 1.82) is 0 Å². The lowest BCUT2D eigenvalue weighted by atomic mass is 10.2. The summed E-state index contributed by atoms with van der Waals surface area (Å²) in [5.41, 5.74) is 3.06. The van der Waals surface area contributed by atoms with Crippen LogP contribution in [0.4, 0.5) is 5.69 Å². The number of hydrogen-bond donors (Lipinski definition) is 3. The highest BCUT2D eigenvalue weighted by Gasteiger charge is 2.01. The van der Waals surface area contributed by atoms with Crippen LogP contribution in [0.3, 0.4) is 0 Å². The number of benzene rings is 2. The quantitative estimate of drug-likeness (QED) is 0.687. The molecule has 2 aromatic carbocycles. The minimum atomic E-state index is -0.157. The lowest BCUT2D eigenvalue weighted by Crippen LogP contribution is -2.24. The highest BCUT2D eigenvalue weighted by molar-refractivity contribution is 5.88. The molecular weight excluding hydrogens is 318 g/mol. The Kier molecular flexibility index (Phi) is 6.98. The highest BCUT2D eigenvalue weighted by atomic mass is 16.5. The monoisotopic (exact) mass is 341 g/mol. The minimum absolute atomic E-state index is 0.0164. The van der Waals surface area contributed by atoms with Crippen molar-refractivity contribution < 1.29 is 14.3 Å². The second-order valence-electron chi connectivity index (χ2n) is 5.59. The van der Waals surface area contributed by atoms with Gasteiger partial charge in [0.1, 0.15) is 5.75 Å². The molecule has 0 radical (unpaired) electrons. The van der Waals surface area contributed by atoms with Gasteiger partial charge in [-0.3, -0.25) is 9.59 Å². The van der Waals surface area contributed by atoms with Crippen molar-refractivity contribution in [2.75, 3.05) is 19.0 Å². The van der Waals surface area contributed by atoms with E-state index in [4.69, 9.17) is 4.74 Å². The van der Waals surface area contributed by atoms with Crippen LogP contribution in [0.15, 0.2) is 48.5 Å². The zero-order valence-electron chi connectivity index (χ0n) is 14.5. The third-order valence-electron chi connectivity index (χ3n) is 3.50. The summed E-state index contributed by atoms with van der Waals surface area (Å²) < 4.78 is 5.36. The average Bonchev–Trinajstić information content (AvgIpc) is 2.61. The number of carbonyl (C=O) groups is 2. The first-order valence-electron chi connectivity index (χ1n) is 8.06. The molecule has 2 rings (SSSR count). The molecule has 0 saturated heterocycles. The maximum absolute atomic E-state index is 11.1. The molecule has 0 fully saturated rings. The molecule has 132 valence electrons. The Hall–Kier alpha value is -2.86. The third-order valence-corrected chi connectivity index (χ3v) is 3.50. The number of hydrogen-bond acceptors (Lipinski definition) is 4. The van der Waals surface area contributed by atoms with Crippen LogP contribution in [0, 0.1) is 0 Å². The molecule has 0 atom stereocenters. The predicted octanol–water partition coefficient (Wildman–Crippen LogP) is 2.06. The van der Waals surface area contributed by atoms with E-state index in [2.05, 4.69) is 16.0 Å². The van der Waals surface area contributed by atoms with Crippen LogP contribution in [-0.4, -0.2) is 25.5 Å². The zero-order chi connectivity index (χ0) is 18.1. The molecule has 3 N–H and O–H groups in total. The van der Waals surface area contributed by atoms with Crippen molar-refractivity contribution in [3.05, 3.63) is 59.7 Å². The molecular formula is C19H23N3O3. The Labute approximate surface area is 147 Å². The molecule has 0 aliphatic carbocycles. The SMILES string of the molecule is CNC(=O)COc1ccc(CNCc2ccc(NC(C)=O)cc2)cc1. The topological polar surface area (TPSA) is 79.5 Å². The molecule has 6 nitrogen and oxygen atoms in total. The van der Waals surface area contributed by atoms with Crippen molar-refractivity contribution in [2.24, 2.45) is 0 Å². The summed E-state index contributed by atoms with van der Waals surface area (Å²) in [5.74, 6) is 0.435. The predicted molar refractivity (Wildman–Crippen MR) is 97.3 cm³/mol. The van der Waals surface area contributed by atoms with Crippen molar-refractivity contribution >= 4 is 17.5 Å². The molecule has 0 spiro atoms. The molecule has 2 amide bonds. The molecule has 0 unspecified atom stereocenters. The summed E-state index contributed by atoms with van der Waals surface area (Å²) in [5, 5.41) is 8.62. The van der Waals surface area contributed by atoms with E-state index in [1.54, 1.807) is 7.05 Å². The van der Waals surface area contributed by atoms with Gasteiger partial charge in [-0.05, 0) is 35.4 Å². The van der Waals surface area contributed by atoms with Gasteiger partial charge in [0.05, 0.1) is 0 Å². The standard InChI is InChI=1S/C19H23N3O3/c1-14(23)22-17-7-3-15(4-8-17)11-21-12-16-5-9-18(10-6-16)25-13-19(24)20-2/h3-10,21H,11-13H2,1-2H3,(H,20,24)(H,22,23). The van der Waals surface area contributed by atoms with Crippen molar-refractivity contribution in [1.82, 2.24) is 10.6 Å². The summed E-state index contributed by atoms with van der Waals surface area (Å²) in [6, 6.07) is 15.4. The van der Waals surface area contributed by atoms with Gasteiger partial charge in [-0.1, -0.05) is 24.3 Å². The van der Waals surface area contributed by atoms with Crippen LogP contribution in [0.5, 0.6) is 5.75 Å². The van der Waals surface area contributed by atoms with Crippen LogP contribution in [0.25, 0.3) is 0 Å². The first kappa shape index (κ1) is 18.5. The fraction of sp³-hybridized carbons (Fsp3) is 0.263. The first-order valence-corrected chi connectivity index (χ1v) is 8.06. The van der Waals surface area contributed by atoms with Crippen LogP contribution in [0.2, 0.25) is 0 Å². The molecule has 25 heavy (non-hydrogen) atoms. The van der Waals surface area contributed by atoms with E-state index in [1.807, 2.05) is 48.5 Å². The zero-order valence-corrected chi connectivity index (χ0v) is 14.5. The second-order valence-corrected chi connectivity index (χ2v) is 5.59. The summed E-state index contributed by atoms with van der Waals surface area (Å²) in [4.78, 5) is 22.1. The molecule has 0 aromatic heterocycles. The maximum atomic E-state index is 11.1. The highest BCUT2D eigenvalue weighted by Crippen LogP contribution is 2.13. The van der Waals surface area contributed by atoms with Gasteiger partial charge in [0.15, 0.2) is 6.61 Å². The van der Waals surface area contributed by atoms with E-state index in [0.29, 0.717) is 5.75 Å². The number of ether oxygens (including phenoxy) is 1. The summed E-state index contributed by atoms with van der Waals surface area (Å²) >= 11 is 0. The normalized spacial score (nSPS) is 10.2. The van der Waals surface area contributed by atoms with Crippen LogP contribution >= 0.6 is 0 Å². The fourth-order valence-corrected chi connectivity index (χ4v) is 2.18. The first-order chi connectivity index (χ1) is 12.1. The van der Waals surface area contributed by atoms with Crippen LogP contribution < -0.4 is 20.7 Å². The Balaban J connectivity index is 1.75. The Morgan fingerprint density at radius 3 is 2.00 bits per heavy atom. The van der Waals surface area contributed by atoms with Gasteiger partial charge in [0, 0.05) is 32.7 Å². The van der Waals surface area contributed by atoms with Crippen molar-refractivity contribution in [2.45, 2.75) is 20.0 Å². The van der Waals surface area contributed by atoms with E-state index in [0.717, 1.165) is 29.9 Å². The van der Waals surface area contributed by atoms with Gasteiger partial charge in [-0.25, -0.2) is 0 Å². The van der Waals surface area contributed by atoms with Gasteiger partial charge in [-0.2, -0.15) is 0 Å². The van der Waals surface area contributed by atoms with Gasteiger partial charge in [-0.15, -0.1) is 0 Å². The third kappa shape index (κ3) is 6.64. The number of amides is 2.